The Morgan fingerprint density at radius 2 is 1.88 bits per heavy atom. The van der Waals surface area contributed by atoms with Crippen LogP contribution in [-0.2, 0) is 9.53 Å². The van der Waals surface area contributed by atoms with Crippen molar-refractivity contribution in [3.8, 4) is 0 Å². The molecular weight excluding hydrogens is 200 g/mol. The summed E-state index contributed by atoms with van der Waals surface area (Å²) in [6, 6.07) is 0. The van der Waals surface area contributed by atoms with Crippen molar-refractivity contribution >= 4 is 5.78 Å². The van der Waals surface area contributed by atoms with Crippen LogP contribution in [0.3, 0.4) is 0 Å². The van der Waals surface area contributed by atoms with E-state index in [2.05, 4.69) is 6.92 Å². The van der Waals surface area contributed by atoms with Crippen LogP contribution in [0.2, 0.25) is 0 Å². The Bertz CT molecular complexity index is 247. The highest BCUT2D eigenvalue weighted by atomic mass is 16.5. The summed E-state index contributed by atoms with van der Waals surface area (Å²) in [6.45, 7) is 4.96. The second-order valence-electron chi connectivity index (χ2n) is 5.60. The van der Waals surface area contributed by atoms with E-state index in [9.17, 15) is 4.79 Å². The Kier molecular flexibility index (Phi) is 3.68. The summed E-state index contributed by atoms with van der Waals surface area (Å²) in [6.07, 6.45) is 7.65. The Balaban J connectivity index is 2.05. The van der Waals surface area contributed by atoms with Gasteiger partial charge in [0.05, 0.1) is 0 Å². The number of hydrogen-bond acceptors (Lipinski definition) is 2. The van der Waals surface area contributed by atoms with Crippen molar-refractivity contribution in [3.05, 3.63) is 0 Å². The molecule has 2 aliphatic carbocycles. The van der Waals surface area contributed by atoms with Crippen molar-refractivity contribution in [3.63, 3.8) is 0 Å². The van der Waals surface area contributed by atoms with E-state index in [4.69, 9.17) is 4.74 Å². The van der Waals surface area contributed by atoms with E-state index < -0.39 is 5.60 Å². The second kappa shape index (κ2) is 4.87. The van der Waals surface area contributed by atoms with Crippen molar-refractivity contribution < 1.29 is 9.53 Å². The van der Waals surface area contributed by atoms with E-state index in [0.717, 1.165) is 44.4 Å². The molecule has 0 bridgehead atoms. The van der Waals surface area contributed by atoms with Crippen LogP contribution in [0.5, 0.6) is 0 Å². The molecule has 0 heterocycles. The maximum Gasteiger partial charge on any atom is 0.167 e. The van der Waals surface area contributed by atoms with Gasteiger partial charge in [-0.25, -0.2) is 0 Å². The van der Waals surface area contributed by atoms with Crippen molar-refractivity contribution in [1.29, 1.82) is 0 Å². The van der Waals surface area contributed by atoms with Gasteiger partial charge in [-0.1, -0.05) is 13.3 Å². The molecule has 0 aromatic carbocycles. The maximum atomic E-state index is 12.5. The number of carbonyl (C=O) groups excluding carboxylic acids is 1. The summed E-state index contributed by atoms with van der Waals surface area (Å²) < 4.78 is 5.89. The summed E-state index contributed by atoms with van der Waals surface area (Å²) in [5, 5.41) is 0. The van der Waals surface area contributed by atoms with E-state index >= 15 is 0 Å². The van der Waals surface area contributed by atoms with Crippen LogP contribution in [0.25, 0.3) is 0 Å². The standard InChI is InChI=1S/C14H24O2/c1-3-16-14(9-7-11(2)8-10-14)13(15)12-5-4-6-12/h11-12H,3-10H2,1-2H3. The Hall–Kier alpha value is -0.370. The molecule has 0 saturated heterocycles. The zero-order chi connectivity index (χ0) is 11.6. The molecular formula is C14H24O2. The molecule has 92 valence electrons. The van der Waals surface area contributed by atoms with Gasteiger partial charge in [-0.15, -0.1) is 0 Å². The van der Waals surface area contributed by atoms with Gasteiger partial charge in [0, 0.05) is 12.5 Å². The number of Topliss-reactive ketones (excluding diaryl/α,β-unsaturated/α-hetero) is 1. The van der Waals surface area contributed by atoms with Crippen LogP contribution in [-0.4, -0.2) is 18.0 Å². The maximum absolute atomic E-state index is 12.5. The molecule has 2 rings (SSSR count). The zero-order valence-electron chi connectivity index (χ0n) is 10.6. The Labute approximate surface area is 98.7 Å². The minimum absolute atomic E-state index is 0.319. The van der Waals surface area contributed by atoms with Gasteiger partial charge < -0.3 is 4.74 Å². The van der Waals surface area contributed by atoms with Crippen LogP contribution in [0, 0.1) is 11.8 Å². The van der Waals surface area contributed by atoms with Crippen molar-refractivity contribution in [2.24, 2.45) is 11.8 Å². The summed E-state index contributed by atoms with van der Waals surface area (Å²) in [7, 11) is 0. The largest absolute Gasteiger partial charge is 0.367 e. The number of ketones is 1. The third-order valence-electron chi connectivity index (χ3n) is 4.43. The molecule has 2 fully saturated rings. The van der Waals surface area contributed by atoms with E-state index in [1.807, 2.05) is 6.92 Å². The van der Waals surface area contributed by atoms with Crippen molar-refractivity contribution in [2.75, 3.05) is 6.61 Å². The van der Waals surface area contributed by atoms with E-state index in [0.29, 0.717) is 18.3 Å². The fourth-order valence-corrected chi connectivity index (χ4v) is 3.01. The predicted octanol–water partition coefficient (Wildman–Crippen LogP) is 3.34. The first kappa shape index (κ1) is 12.1. The van der Waals surface area contributed by atoms with Gasteiger partial charge in [0.15, 0.2) is 5.78 Å². The van der Waals surface area contributed by atoms with Crippen molar-refractivity contribution in [1.82, 2.24) is 0 Å². The quantitative estimate of drug-likeness (QED) is 0.732. The van der Waals surface area contributed by atoms with Gasteiger partial charge in [0.1, 0.15) is 5.60 Å². The highest BCUT2D eigenvalue weighted by Crippen LogP contribution is 2.41. The van der Waals surface area contributed by atoms with E-state index in [1.165, 1.54) is 6.42 Å². The van der Waals surface area contributed by atoms with Gasteiger partial charge in [-0.2, -0.15) is 0 Å². The lowest BCUT2D eigenvalue weighted by Gasteiger charge is -2.41. The minimum atomic E-state index is -0.396. The third-order valence-corrected chi connectivity index (χ3v) is 4.43. The molecule has 0 atom stereocenters. The molecule has 0 aromatic rings. The van der Waals surface area contributed by atoms with Crippen LogP contribution in [0.15, 0.2) is 0 Å². The topological polar surface area (TPSA) is 26.3 Å². The average molecular weight is 224 g/mol. The predicted molar refractivity (Wildman–Crippen MR) is 64.3 cm³/mol. The molecule has 0 spiro atoms. The van der Waals surface area contributed by atoms with Gasteiger partial charge in [0.2, 0.25) is 0 Å². The van der Waals surface area contributed by atoms with Crippen LogP contribution < -0.4 is 0 Å². The van der Waals surface area contributed by atoms with Crippen LogP contribution in [0.1, 0.15) is 58.8 Å². The van der Waals surface area contributed by atoms with Crippen LogP contribution in [0.4, 0.5) is 0 Å². The lowest BCUT2D eigenvalue weighted by molar-refractivity contribution is -0.157. The molecule has 2 heteroatoms. The number of ether oxygens (including phenoxy) is 1. The second-order valence-corrected chi connectivity index (χ2v) is 5.60. The van der Waals surface area contributed by atoms with Gasteiger partial charge in [-0.05, 0) is 51.4 Å². The normalized spacial score (nSPS) is 35.8. The minimum Gasteiger partial charge on any atom is -0.367 e. The molecule has 0 amide bonds. The highest BCUT2D eigenvalue weighted by Gasteiger charge is 2.45. The summed E-state index contributed by atoms with van der Waals surface area (Å²) in [4.78, 5) is 12.5. The molecule has 2 aliphatic rings. The number of hydrogen-bond donors (Lipinski definition) is 0. The summed E-state index contributed by atoms with van der Waals surface area (Å²) >= 11 is 0. The zero-order valence-corrected chi connectivity index (χ0v) is 10.6. The lowest BCUT2D eigenvalue weighted by atomic mass is 9.69. The average Bonchev–Trinajstić information content (AvgIpc) is 2.19. The highest BCUT2D eigenvalue weighted by molar-refractivity contribution is 5.90. The molecule has 0 aromatic heterocycles. The molecule has 0 N–H and O–H groups in total. The third kappa shape index (κ3) is 2.17. The van der Waals surface area contributed by atoms with Gasteiger partial charge >= 0.3 is 0 Å². The summed E-state index contributed by atoms with van der Waals surface area (Å²) in [5.74, 6) is 1.51. The molecule has 0 aliphatic heterocycles. The number of carbonyl (C=O) groups is 1. The number of rotatable bonds is 4. The molecule has 2 saturated carbocycles. The van der Waals surface area contributed by atoms with E-state index in [-0.39, 0.29) is 0 Å². The SMILES string of the molecule is CCOC1(C(=O)C2CCC2)CCC(C)CC1. The van der Waals surface area contributed by atoms with Crippen molar-refractivity contribution in [2.45, 2.75) is 64.4 Å². The molecule has 0 radical (unpaired) electrons. The van der Waals surface area contributed by atoms with Gasteiger partial charge in [0.25, 0.3) is 0 Å². The monoisotopic (exact) mass is 224 g/mol. The van der Waals surface area contributed by atoms with Crippen LogP contribution >= 0.6 is 0 Å². The molecule has 2 nitrogen and oxygen atoms in total. The van der Waals surface area contributed by atoms with Gasteiger partial charge in [-0.3, -0.25) is 4.79 Å². The first-order valence-electron chi connectivity index (χ1n) is 6.86. The molecule has 0 unspecified atom stereocenters. The lowest BCUT2D eigenvalue weighted by Crippen LogP contribution is -2.49. The fourth-order valence-electron chi connectivity index (χ4n) is 3.01. The first-order valence-corrected chi connectivity index (χ1v) is 6.86. The first-order chi connectivity index (χ1) is 7.68. The molecule has 16 heavy (non-hydrogen) atoms. The smallest absolute Gasteiger partial charge is 0.167 e. The van der Waals surface area contributed by atoms with E-state index in [1.54, 1.807) is 0 Å². The Morgan fingerprint density at radius 1 is 1.25 bits per heavy atom. The summed E-state index contributed by atoms with van der Waals surface area (Å²) in [5.41, 5.74) is -0.396. The fraction of sp³-hybridized carbons (Fsp3) is 0.929. The Morgan fingerprint density at radius 3 is 2.31 bits per heavy atom.